The summed E-state index contributed by atoms with van der Waals surface area (Å²) in [6.07, 6.45) is -1.45. The molecule has 2 rings (SSSR count). The van der Waals surface area contributed by atoms with Crippen molar-refractivity contribution in [2.75, 3.05) is 0 Å². The summed E-state index contributed by atoms with van der Waals surface area (Å²) < 4.78 is 0. The van der Waals surface area contributed by atoms with E-state index in [1.165, 1.54) is 19.1 Å². The second-order valence-corrected chi connectivity index (χ2v) is 5.23. The number of phenolic OH excluding ortho intramolecular Hbond substituents is 1. The normalized spacial score (nSPS) is 13.4. The molecule has 2 aromatic carbocycles. The lowest BCUT2D eigenvalue weighted by Crippen LogP contribution is -2.22. The van der Waals surface area contributed by atoms with Crippen molar-refractivity contribution in [3.8, 4) is 5.75 Å². The number of aliphatic hydroxyl groups excluding tert-OH is 1. The van der Waals surface area contributed by atoms with Crippen molar-refractivity contribution in [1.82, 2.24) is 0 Å². The Labute approximate surface area is 129 Å². The highest BCUT2D eigenvalue weighted by atomic mass is 16.3. The average Bonchev–Trinajstić information content (AvgIpc) is 2.52. The van der Waals surface area contributed by atoms with Gasteiger partial charge in [0, 0.05) is 12.0 Å². The highest BCUT2D eigenvalue weighted by Crippen LogP contribution is 2.31. The number of benzene rings is 2. The summed E-state index contributed by atoms with van der Waals surface area (Å²) in [5, 5.41) is 20.1. The third-order valence-corrected chi connectivity index (χ3v) is 3.54. The van der Waals surface area contributed by atoms with E-state index < -0.39 is 17.8 Å². The van der Waals surface area contributed by atoms with E-state index in [0.717, 1.165) is 0 Å². The summed E-state index contributed by atoms with van der Waals surface area (Å²) in [5.74, 6) is -1.50. The van der Waals surface area contributed by atoms with Crippen molar-refractivity contribution in [3.63, 3.8) is 0 Å². The number of carbonyl (C=O) groups excluding carboxylic acids is 2. The summed E-state index contributed by atoms with van der Waals surface area (Å²) in [7, 11) is 0. The van der Waals surface area contributed by atoms with E-state index in [-0.39, 0.29) is 23.5 Å². The van der Waals surface area contributed by atoms with Crippen LogP contribution >= 0.6 is 0 Å². The van der Waals surface area contributed by atoms with Crippen molar-refractivity contribution in [2.24, 2.45) is 0 Å². The van der Waals surface area contributed by atoms with Crippen LogP contribution in [0.4, 0.5) is 0 Å². The maximum absolute atomic E-state index is 12.6. The smallest absolute Gasteiger partial charge is 0.173 e. The summed E-state index contributed by atoms with van der Waals surface area (Å²) in [4.78, 5) is 24.1. The Bertz CT molecular complexity index is 664. The molecule has 0 aliphatic heterocycles. The molecule has 0 amide bonds. The Morgan fingerprint density at radius 2 is 1.59 bits per heavy atom. The van der Waals surface area contributed by atoms with Crippen LogP contribution in [0.5, 0.6) is 5.75 Å². The highest BCUT2D eigenvalue weighted by Gasteiger charge is 2.30. The van der Waals surface area contributed by atoms with Gasteiger partial charge in [0.05, 0.1) is 5.92 Å². The van der Waals surface area contributed by atoms with Gasteiger partial charge in [-0.15, -0.1) is 0 Å². The number of hydrogen-bond donors (Lipinski definition) is 2. The third-order valence-electron chi connectivity index (χ3n) is 3.54. The molecular formula is C18H18O4. The van der Waals surface area contributed by atoms with Gasteiger partial charge in [-0.1, -0.05) is 48.5 Å². The standard InChI is InChI=1S/C18H18O4/c1-12(19)11-15(13-7-3-2-4-8-13)18(22)17(21)14-9-5-6-10-16(14)20/h2-10,15,17,20-21H,11H2,1H3/t15-,17+/m0/s1. The molecule has 22 heavy (non-hydrogen) atoms. The Kier molecular flexibility index (Phi) is 5.07. The fourth-order valence-electron chi connectivity index (χ4n) is 2.42. The maximum Gasteiger partial charge on any atom is 0.173 e. The first-order chi connectivity index (χ1) is 10.5. The summed E-state index contributed by atoms with van der Waals surface area (Å²) in [5.41, 5.74) is 0.828. The van der Waals surface area contributed by atoms with Crippen LogP contribution in [0.2, 0.25) is 0 Å². The molecule has 0 spiro atoms. The van der Waals surface area contributed by atoms with Crippen molar-refractivity contribution in [3.05, 3.63) is 65.7 Å². The average molecular weight is 298 g/mol. The van der Waals surface area contributed by atoms with E-state index in [0.29, 0.717) is 5.56 Å². The summed E-state index contributed by atoms with van der Waals surface area (Å²) in [6.45, 7) is 1.41. The van der Waals surface area contributed by atoms with Crippen LogP contribution in [0, 0.1) is 0 Å². The number of hydrogen-bond acceptors (Lipinski definition) is 4. The lowest BCUT2D eigenvalue weighted by atomic mass is 9.86. The van der Waals surface area contributed by atoms with Crippen LogP contribution in [0.15, 0.2) is 54.6 Å². The molecule has 4 nitrogen and oxygen atoms in total. The van der Waals surface area contributed by atoms with Crippen LogP contribution < -0.4 is 0 Å². The van der Waals surface area contributed by atoms with Crippen molar-refractivity contribution in [2.45, 2.75) is 25.4 Å². The minimum Gasteiger partial charge on any atom is -0.508 e. The topological polar surface area (TPSA) is 74.6 Å². The lowest BCUT2D eigenvalue weighted by Gasteiger charge is -2.19. The van der Waals surface area contributed by atoms with E-state index in [4.69, 9.17) is 0 Å². The quantitative estimate of drug-likeness (QED) is 0.860. The first kappa shape index (κ1) is 15.9. The van der Waals surface area contributed by atoms with Gasteiger partial charge in [0.2, 0.25) is 0 Å². The van der Waals surface area contributed by atoms with Gasteiger partial charge >= 0.3 is 0 Å². The van der Waals surface area contributed by atoms with Crippen LogP contribution in [-0.2, 0) is 9.59 Å². The molecule has 2 atom stereocenters. The number of carbonyl (C=O) groups is 2. The largest absolute Gasteiger partial charge is 0.508 e. The third kappa shape index (κ3) is 3.59. The predicted molar refractivity (Wildman–Crippen MR) is 82.6 cm³/mol. The molecule has 4 heteroatoms. The molecule has 0 unspecified atom stereocenters. The van der Waals surface area contributed by atoms with Gasteiger partial charge in [0.15, 0.2) is 5.78 Å². The zero-order chi connectivity index (χ0) is 16.1. The number of aromatic hydroxyl groups is 1. The highest BCUT2D eigenvalue weighted by molar-refractivity contribution is 5.94. The van der Waals surface area contributed by atoms with Gasteiger partial charge in [0.25, 0.3) is 0 Å². The summed E-state index contributed by atoms with van der Waals surface area (Å²) in [6, 6.07) is 15.0. The SMILES string of the molecule is CC(=O)C[C@H](C(=O)[C@H](O)c1ccccc1O)c1ccccc1. The number of para-hydroxylation sites is 1. The molecule has 0 aliphatic rings. The molecule has 0 heterocycles. The van der Waals surface area contributed by atoms with E-state index in [9.17, 15) is 19.8 Å². The van der Waals surface area contributed by atoms with Crippen LogP contribution in [0.3, 0.4) is 0 Å². The molecule has 2 aromatic rings. The zero-order valence-corrected chi connectivity index (χ0v) is 12.3. The number of aliphatic hydroxyl groups is 1. The predicted octanol–water partition coefficient (Wildman–Crippen LogP) is 2.76. The van der Waals surface area contributed by atoms with E-state index in [1.807, 2.05) is 6.07 Å². The Morgan fingerprint density at radius 1 is 1.00 bits per heavy atom. The Hall–Kier alpha value is -2.46. The Morgan fingerprint density at radius 3 is 2.18 bits per heavy atom. The van der Waals surface area contributed by atoms with Crippen LogP contribution in [0.1, 0.15) is 36.5 Å². The van der Waals surface area contributed by atoms with Crippen molar-refractivity contribution in [1.29, 1.82) is 0 Å². The zero-order valence-electron chi connectivity index (χ0n) is 12.3. The number of ketones is 2. The number of phenols is 1. The molecular weight excluding hydrogens is 280 g/mol. The van der Waals surface area contributed by atoms with Gasteiger partial charge in [-0.2, -0.15) is 0 Å². The van der Waals surface area contributed by atoms with E-state index >= 15 is 0 Å². The molecule has 0 radical (unpaired) electrons. The Balaban J connectivity index is 2.33. The molecule has 0 aromatic heterocycles. The maximum atomic E-state index is 12.6. The monoisotopic (exact) mass is 298 g/mol. The molecule has 0 aliphatic carbocycles. The van der Waals surface area contributed by atoms with E-state index in [1.54, 1.807) is 36.4 Å². The van der Waals surface area contributed by atoms with Gasteiger partial charge in [-0.25, -0.2) is 0 Å². The molecule has 0 saturated carbocycles. The molecule has 0 fully saturated rings. The second kappa shape index (κ2) is 7.00. The molecule has 114 valence electrons. The van der Waals surface area contributed by atoms with Crippen LogP contribution in [-0.4, -0.2) is 21.8 Å². The second-order valence-electron chi connectivity index (χ2n) is 5.23. The molecule has 2 N–H and O–H groups in total. The summed E-state index contributed by atoms with van der Waals surface area (Å²) >= 11 is 0. The first-order valence-corrected chi connectivity index (χ1v) is 7.04. The first-order valence-electron chi connectivity index (χ1n) is 7.04. The minimum absolute atomic E-state index is 0.0213. The molecule has 0 bridgehead atoms. The van der Waals surface area contributed by atoms with Gasteiger partial charge in [-0.05, 0) is 18.6 Å². The van der Waals surface area contributed by atoms with E-state index in [2.05, 4.69) is 0 Å². The van der Waals surface area contributed by atoms with Crippen molar-refractivity contribution < 1.29 is 19.8 Å². The lowest BCUT2D eigenvalue weighted by molar-refractivity contribution is -0.131. The fraction of sp³-hybridized carbons (Fsp3) is 0.222. The van der Waals surface area contributed by atoms with Crippen molar-refractivity contribution >= 4 is 11.6 Å². The number of rotatable bonds is 6. The minimum atomic E-state index is -1.47. The van der Waals surface area contributed by atoms with Gasteiger partial charge in [-0.3, -0.25) is 9.59 Å². The van der Waals surface area contributed by atoms with Gasteiger partial charge in [0.1, 0.15) is 17.6 Å². The van der Waals surface area contributed by atoms with Crippen LogP contribution in [0.25, 0.3) is 0 Å². The number of Topliss-reactive ketones (excluding diaryl/α,β-unsaturated/α-hetero) is 2. The van der Waals surface area contributed by atoms with Gasteiger partial charge < -0.3 is 10.2 Å². The molecule has 0 saturated heterocycles. The fourth-order valence-corrected chi connectivity index (χ4v) is 2.42.